The van der Waals surface area contributed by atoms with E-state index in [0.717, 1.165) is 37.1 Å². The molecule has 4 rings (SSSR count). The Hall–Kier alpha value is -3.55. The number of aryl methyl sites for hydroxylation is 1. The maximum atomic E-state index is 13.5. The Morgan fingerprint density at radius 3 is 2.64 bits per heavy atom. The average Bonchev–Trinajstić information content (AvgIpc) is 2.81. The highest BCUT2D eigenvalue weighted by Crippen LogP contribution is 2.40. The van der Waals surface area contributed by atoms with Gasteiger partial charge in [-0.2, -0.15) is 0 Å². The molecular weight excluding hydrogens is 420 g/mol. The Bertz CT molecular complexity index is 1100. The van der Waals surface area contributed by atoms with Gasteiger partial charge in [-0.25, -0.2) is 0 Å². The summed E-state index contributed by atoms with van der Waals surface area (Å²) >= 11 is 0. The molecule has 2 aliphatic rings. The van der Waals surface area contributed by atoms with Gasteiger partial charge in [0.05, 0.1) is 24.2 Å². The molecule has 2 aromatic rings. The molecule has 2 heterocycles. The van der Waals surface area contributed by atoms with Crippen molar-refractivity contribution in [3.63, 3.8) is 0 Å². The van der Waals surface area contributed by atoms with Crippen molar-refractivity contribution in [2.75, 3.05) is 49.4 Å². The minimum Gasteiger partial charge on any atom is -0.495 e. The van der Waals surface area contributed by atoms with E-state index in [-0.39, 0.29) is 30.3 Å². The normalized spacial score (nSPS) is 17.2. The van der Waals surface area contributed by atoms with Crippen molar-refractivity contribution < 1.29 is 19.1 Å². The van der Waals surface area contributed by atoms with Crippen LogP contribution in [0.4, 0.5) is 17.1 Å². The van der Waals surface area contributed by atoms with Gasteiger partial charge in [0.25, 0.3) is 5.91 Å². The van der Waals surface area contributed by atoms with Crippen LogP contribution in [0.1, 0.15) is 35.2 Å². The van der Waals surface area contributed by atoms with Crippen molar-refractivity contribution in [1.29, 1.82) is 0 Å². The lowest BCUT2D eigenvalue weighted by Crippen LogP contribution is -2.56. The fourth-order valence-corrected chi connectivity index (χ4v) is 4.56. The number of carbonyl (C=O) groups excluding carboxylic acids is 3. The van der Waals surface area contributed by atoms with E-state index in [4.69, 9.17) is 4.74 Å². The van der Waals surface area contributed by atoms with Gasteiger partial charge in [0.2, 0.25) is 11.8 Å². The van der Waals surface area contributed by atoms with E-state index in [1.165, 1.54) is 9.80 Å². The van der Waals surface area contributed by atoms with Crippen molar-refractivity contribution >= 4 is 34.8 Å². The third-order valence-corrected chi connectivity index (χ3v) is 6.21. The highest BCUT2D eigenvalue weighted by Gasteiger charge is 2.40. The lowest BCUT2D eigenvalue weighted by molar-refractivity contribution is -0.123. The summed E-state index contributed by atoms with van der Waals surface area (Å²) in [5.41, 5.74) is 3.50. The van der Waals surface area contributed by atoms with Gasteiger partial charge in [0.15, 0.2) is 0 Å². The number of hydrogen-bond acceptors (Lipinski definition) is 5. The van der Waals surface area contributed by atoms with E-state index in [9.17, 15) is 14.4 Å². The summed E-state index contributed by atoms with van der Waals surface area (Å²) in [6.45, 7) is 2.57. The van der Waals surface area contributed by atoms with E-state index in [1.54, 1.807) is 39.4 Å². The zero-order valence-electron chi connectivity index (χ0n) is 19.6. The number of ether oxygens (including phenoxy) is 1. The maximum Gasteiger partial charge on any atom is 0.253 e. The molecular formula is C25H30N4O4. The molecule has 3 amide bonds. The first-order valence-corrected chi connectivity index (χ1v) is 11.2. The number of benzene rings is 2. The minimum atomic E-state index is -0.327. The van der Waals surface area contributed by atoms with Crippen LogP contribution in [0.3, 0.4) is 0 Å². The van der Waals surface area contributed by atoms with E-state index in [1.807, 2.05) is 25.1 Å². The number of piperidine rings is 1. The Balaban J connectivity index is 1.67. The average molecular weight is 451 g/mol. The number of fused-ring (bicyclic) bond motifs is 3. The molecule has 8 nitrogen and oxygen atoms in total. The van der Waals surface area contributed by atoms with Crippen molar-refractivity contribution in [3.8, 4) is 5.75 Å². The second-order valence-electron chi connectivity index (χ2n) is 8.78. The van der Waals surface area contributed by atoms with Crippen LogP contribution in [-0.4, -0.2) is 63.0 Å². The first-order valence-electron chi connectivity index (χ1n) is 11.2. The third-order valence-electron chi connectivity index (χ3n) is 6.21. The van der Waals surface area contributed by atoms with Crippen molar-refractivity contribution in [2.45, 2.75) is 32.2 Å². The molecule has 0 aromatic heterocycles. The molecule has 2 aliphatic heterocycles. The number of carbonyl (C=O) groups is 3. The van der Waals surface area contributed by atoms with Gasteiger partial charge >= 0.3 is 0 Å². The highest BCUT2D eigenvalue weighted by atomic mass is 16.5. The van der Waals surface area contributed by atoms with Crippen LogP contribution in [0.15, 0.2) is 36.4 Å². The summed E-state index contributed by atoms with van der Waals surface area (Å²) in [7, 11) is 4.92. The quantitative estimate of drug-likeness (QED) is 0.757. The molecule has 1 saturated heterocycles. The molecule has 1 N–H and O–H groups in total. The Morgan fingerprint density at radius 1 is 1.12 bits per heavy atom. The molecule has 0 bridgehead atoms. The van der Waals surface area contributed by atoms with Gasteiger partial charge in [-0.1, -0.05) is 6.07 Å². The van der Waals surface area contributed by atoms with Crippen molar-refractivity contribution in [3.05, 3.63) is 47.5 Å². The van der Waals surface area contributed by atoms with Crippen LogP contribution in [-0.2, 0) is 9.59 Å². The zero-order chi connectivity index (χ0) is 23.7. The van der Waals surface area contributed by atoms with Crippen LogP contribution in [0.5, 0.6) is 5.75 Å². The van der Waals surface area contributed by atoms with Gasteiger partial charge < -0.3 is 19.9 Å². The molecule has 0 unspecified atom stereocenters. The largest absolute Gasteiger partial charge is 0.495 e. The smallest absolute Gasteiger partial charge is 0.253 e. The summed E-state index contributed by atoms with van der Waals surface area (Å²) in [6, 6.07) is 10.7. The van der Waals surface area contributed by atoms with E-state index < -0.39 is 0 Å². The monoisotopic (exact) mass is 450 g/mol. The fourth-order valence-electron chi connectivity index (χ4n) is 4.56. The Kier molecular flexibility index (Phi) is 6.26. The van der Waals surface area contributed by atoms with Gasteiger partial charge in [-0.3, -0.25) is 19.3 Å². The maximum absolute atomic E-state index is 13.5. The molecule has 174 valence electrons. The Morgan fingerprint density at radius 2 is 1.91 bits per heavy atom. The molecule has 8 heteroatoms. The third kappa shape index (κ3) is 4.37. The number of methoxy groups -OCH3 is 1. The SMILES string of the molecule is COc1ccc(C)cc1NC(=O)CN1C(=O)[C@@H]2CCCCN2c2ccc(C(=O)N(C)C)cc21. The van der Waals surface area contributed by atoms with E-state index >= 15 is 0 Å². The molecule has 0 saturated carbocycles. The predicted octanol–water partition coefficient (Wildman–Crippen LogP) is 3.05. The first-order chi connectivity index (χ1) is 15.8. The number of hydrogen-bond donors (Lipinski definition) is 1. The lowest BCUT2D eigenvalue weighted by atomic mass is 9.95. The van der Waals surface area contributed by atoms with Crippen LogP contribution < -0.4 is 19.9 Å². The topological polar surface area (TPSA) is 82.2 Å². The van der Waals surface area contributed by atoms with Gasteiger partial charge in [-0.15, -0.1) is 0 Å². The fraction of sp³-hybridized carbons (Fsp3) is 0.400. The van der Waals surface area contributed by atoms with Crippen LogP contribution in [0, 0.1) is 6.92 Å². The number of nitrogens with zero attached hydrogens (tertiary/aromatic N) is 3. The van der Waals surface area contributed by atoms with Crippen molar-refractivity contribution in [2.24, 2.45) is 0 Å². The molecule has 1 fully saturated rings. The van der Waals surface area contributed by atoms with Gasteiger partial charge in [0, 0.05) is 26.2 Å². The number of rotatable bonds is 5. The molecule has 2 aromatic carbocycles. The minimum absolute atomic E-state index is 0.108. The lowest BCUT2D eigenvalue weighted by Gasteiger charge is -2.45. The van der Waals surface area contributed by atoms with E-state index in [2.05, 4.69) is 10.2 Å². The first kappa shape index (κ1) is 22.6. The van der Waals surface area contributed by atoms with Crippen LogP contribution in [0.2, 0.25) is 0 Å². The van der Waals surface area contributed by atoms with Crippen molar-refractivity contribution in [1.82, 2.24) is 4.90 Å². The van der Waals surface area contributed by atoms with Crippen LogP contribution in [0.25, 0.3) is 0 Å². The highest BCUT2D eigenvalue weighted by molar-refractivity contribution is 6.11. The number of anilines is 3. The standard InChI is InChI=1S/C25H30N4O4/c1-16-8-11-22(33-4)18(13-16)26-23(30)15-29-21-14-17(24(31)27(2)3)9-10-19(21)28-12-6-5-7-20(28)25(29)32/h8-11,13-14,20H,5-7,12,15H2,1-4H3,(H,26,30)/t20-/m0/s1. The number of amides is 3. The second kappa shape index (κ2) is 9.13. The van der Waals surface area contributed by atoms with Crippen LogP contribution >= 0.6 is 0 Å². The molecule has 1 atom stereocenters. The Labute approximate surface area is 194 Å². The van der Waals surface area contributed by atoms with E-state index in [0.29, 0.717) is 22.7 Å². The molecule has 0 spiro atoms. The van der Waals surface area contributed by atoms with Gasteiger partial charge in [0.1, 0.15) is 18.3 Å². The second-order valence-corrected chi connectivity index (χ2v) is 8.78. The number of nitrogens with one attached hydrogen (secondary N) is 1. The summed E-state index contributed by atoms with van der Waals surface area (Å²) in [5.74, 6) is -0.0358. The summed E-state index contributed by atoms with van der Waals surface area (Å²) in [5, 5.41) is 2.88. The predicted molar refractivity (Wildman–Crippen MR) is 128 cm³/mol. The summed E-state index contributed by atoms with van der Waals surface area (Å²) in [6.07, 6.45) is 2.73. The summed E-state index contributed by atoms with van der Waals surface area (Å²) < 4.78 is 5.36. The molecule has 0 radical (unpaired) electrons. The van der Waals surface area contributed by atoms with Gasteiger partial charge in [-0.05, 0) is 62.1 Å². The summed E-state index contributed by atoms with van der Waals surface area (Å²) in [4.78, 5) is 44.3. The zero-order valence-corrected chi connectivity index (χ0v) is 19.6. The molecule has 0 aliphatic carbocycles. The molecule has 33 heavy (non-hydrogen) atoms.